The summed E-state index contributed by atoms with van der Waals surface area (Å²) in [6, 6.07) is 4.60. The molecule has 20 heavy (non-hydrogen) atoms. The number of aromatic nitrogens is 1. The largest absolute Gasteiger partial charge is 0.352 e. The lowest BCUT2D eigenvalue weighted by Crippen LogP contribution is -2.38. The van der Waals surface area contributed by atoms with E-state index in [4.69, 9.17) is 0 Å². The van der Waals surface area contributed by atoms with Gasteiger partial charge in [-0.15, -0.1) is 0 Å². The van der Waals surface area contributed by atoms with Crippen LogP contribution in [-0.2, 0) is 11.3 Å². The van der Waals surface area contributed by atoms with E-state index in [0.29, 0.717) is 12.6 Å². The molecule has 5 nitrogen and oxygen atoms in total. The molecule has 0 saturated carbocycles. The Labute approximate surface area is 121 Å². The predicted molar refractivity (Wildman–Crippen MR) is 82.8 cm³/mol. The molecule has 1 amide bonds. The number of pyridine rings is 1. The van der Waals surface area contributed by atoms with Crippen molar-refractivity contribution in [1.82, 2.24) is 15.6 Å². The fourth-order valence-electron chi connectivity index (χ4n) is 1.73. The molecule has 0 atom stereocenters. The van der Waals surface area contributed by atoms with Gasteiger partial charge in [0.05, 0.1) is 6.54 Å². The summed E-state index contributed by atoms with van der Waals surface area (Å²) in [5.74, 6) is 0.812. The van der Waals surface area contributed by atoms with E-state index in [-0.39, 0.29) is 11.9 Å². The van der Waals surface area contributed by atoms with E-state index >= 15 is 0 Å². The van der Waals surface area contributed by atoms with Crippen molar-refractivity contribution in [1.29, 1.82) is 0 Å². The van der Waals surface area contributed by atoms with E-state index in [0.717, 1.165) is 17.9 Å². The standard InChI is InChI=1S/C15H26N4O/c1-11(2)16-8-13-6-7-14(17-9-13)19(5)10-15(20)18-12(3)4/h6-7,9,11-12,16H,8,10H2,1-5H3,(H,18,20). The van der Waals surface area contributed by atoms with E-state index < -0.39 is 0 Å². The van der Waals surface area contributed by atoms with Gasteiger partial charge in [0.15, 0.2) is 0 Å². The molecule has 5 heteroatoms. The molecule has 0 unspecified atom stereocenters. The zero-order valence-corrected chi connectivity index (χ0v) is 13.1. The second-order valence-corrected chi connectivity index (χ2v) is 5.64. The molecule has 0 spiro atoms. The third-order valence-corrected chi connectivity index (χ3v) is 2.75. The van der Waals surface area contributed by atoms with E-state index in [1.807, 2.05) is 44.1 Å². The van der Waals surface area contributed by atoms with Crippen molar-refractivity contribution in [2.24, 2.45) is 0 Å². The maximum Gasteiger partial charge on any atom is 0.239 e. The minimum atomic E-state index is 0.00912. The first-order chi connectivity index (χ1) is 9.38. The van der Waals surface area contributed by atoms with E-state index in [9.17, 15) is 4.79 Å². The second-order valence-electron chi connectivity index (χ2n) is 5.64. The zero-order valence-electron chi connectivity index (χ0n) is 13.1. The Bertz CT molecular complexity index is 414. The van der Waals surface area contributed by atoms with Crippen molar-refractivity contribution in [3.05, 3.63) is 23.9 Å². The monoisotopic (exact) mass is 278 g/mol. The molecule has 0 aliphatic carbocycles. The number of carbonyl (C=O) groups excluding carboxylic acids is 1. The van der Waals surface area contributed by atoms with Gasteiger partial charge in [-0.1, -0.05) is 19.9 Å². The van der Waals surface area contributed by atoms with Crippen molar-refractivity contribution >= 4 is 11.7 Å². The molecule has 112 valence electrons. The quantitative estimate of drug-likeness (QED) is 0.794. The first-order valence-electron chi connectivity index (χ1n) is 7.07. The van der Waals surface area contributed by atoms with Crippen molar-refractivity contribution in [3.8, 4) is 0 Å². The third kappa shape index (κ3) is 6.02. The van der Waals surface area contributed by atoms with E-state index in [1.165, 1.54) is 0 Å². The number of amides is 1. The summed E-state index contributed by atoms with van der Waals surface area (Å²) in [7, 11) is 1.87. The number of likely N-dealkylation sites (N-methyl/N-ethyl adjacent to an activating group) is 1. The molecule has 1 rings (SSSR count). The molecular formula is C15H26N4O. The molecule has 1 aromatic rings. The van der Waals surface area contributed by atoms with Gasteiger partial charge in [0, 0.05) is 31.9 Å². The lowest BCUT2D eigenvalue weighted by Gasteiger charge is -2.19. The normalized spacial score (nSPS) is 10.9. The minimum absolute atomic E-state index is 0.00912. The van der Waals surface area contributed by atoms with Gasteiger partial charge < -0.3 is 15.5 Å². The number of hydrogen-bond acceptors (Lipinski definition) is 4. The van der Waals surface area contributed by atoms with Gasteiger partial charge in [0.25, 0.3) is 0 Å². The van der Waals surface area contributed by atoms with Gasteiger partial charge >= 0.3 is 0 Å². The van der Waals surface area contributed by atoms with Crippen LogP contribution in [0.4, 0.5) is 5.82 Å². The van der Waals surface area contributed by atoms with E-state index in [1.54, 1.807) is 0 Å². The molecule has 2 N–H and O–H groups in total. The van der Waals surface area contributed by atoms with Crippen LogP contribution < -0.4 is 15.5 Å². The molecule has 0 saturated heterocycles. The summed E-state index contributed by atoms with van der Waals surface area (Å²) in [4.78, 5) is 17.9. The van der Waals surface area contributed by atoms with Crippen LogP contribution in [0.2, 0.25) is 0 Å². The summed E-state index contributed by atoms with van der Waals surface area (Å²) in [6.45, 7) is 9.25. The summed E-state index contributed by atoms with van der Waals surface area (Å²) < 4.78 is 0. The van der Waals surface area contributed by atoms with Gasteiger partial charge in [-0.3, -0.25) is 4.79 Å². The van der Waals surface area contributed by atoms with Crippen molar-refractivity contribution in [3.63, 3.8) is 0 Å². The van der Waals surface area contributed by atoms with Crippen LogP contribution >= 0.6 is 0 Å². The molecular weight excluding hydrogens is 252 g/mol. The van der Waals surface area contributed by atoms with Crippen LogP contribution in [0.5, 0.6) is 0 Å². The molecule has 0 aromatic carbocycles. The van der Waals surface area contributed by atoms with Crippen LogP contribution in [0.15, 0.2) is 18.3 Å². The highest BCUT2D eigenvalue weighted by atomic mass is 16.2. The van der Waals surface area contributed by atoms with Crippen LogP contribution in [0.25, 0.3) is 0 Å². The Morgan fingerprint density at radius 3 is 2.45 bits per heavy atom. The van der Waals surface area contributed by atoms with Crippen molar-refractivity contribution in [2.45, 2.75) is 46.3 Å². The molecule has 0 fully saturated rings. The van der Waals surface area contributed by atoms with Gasteiger partial charge in [0.1, 0.15) is 5.82 Å². The Hall–Kier alpha value is -1.62. The Morgan fingerprint density at radius 1 is 1.25 bits per heavy atom. The highest BCUT2D eigenvalue weighted by molar-refractivity contribution is 5.81. The van der Waals surface area contributed by atoms with Crippen LogP contribution in [0.3, 0.4) is 0 Å². The van der Waals surface area contributed by atoms with E-state index in [2.05, 4.69) is 29.5 Å². The first kappa shape index (κ1) is 16.4. The molecule has 0 aliphatic heterocycles. The molecule has 0 bridgehead atoms. The number of anilines is 1. The molecule has 0 radical (unpaired) electrons. The molecule has 1 aromatic heterocycles. The van der Waals surface area contributed by atoms with Crippen molar-refractivity contribution < 1.29 is 4.79 Å². The molecule has 1 heterocycles. The Balaban J connectivity index is 2.52. The predicted octanol–water partition coefficient (Wildman–Crippen LogP) is 1.54. The Morgan fingerprint density at radius 2 is 1.95 bits per heavy atom. The summed E-state index contributed by atoms with van der Waals surface area (Å²) in [5, 5.41) is 6.22. The fraction of sp³-hybridized carbons (Fsp3) is 0.600. The highest BCUT2D eigenvalue weighted by Gasteiger charge is 2.09. The maximum absolute atomic E-state index is 11.7. The van der Waals surface area contributed by atoms with Crippen LogP contribution in [0.1, 0.15) is 33.3 Å². The second kappa shape index (κ2) is 7.85. The topological polar surface area (TPSA) is 57.3 Å². The summed E-state index contributed by atoms with van der Waals surface area (Å²) in [6.07, 6.45) is 1.85. The first-order valence-corrected chi connectivity index (χ1v) is 7.07. The van der Waals surface area contributed by atoms with Gasteiger partial charge in [-0.05, 0) is 25.5 Å². The average molecular weight is 278 g/mol. The Kier molecular flexibility index (Phi) is 6.45. The number of carbonyl (C=O) groups is 1. The molecule has 0 aliphatic rings. The van der Waals surface area contributed by atoms with Crippen molar-refractivity contribution in [2.75, 3.05) is 18.5 Å². The summed E-state index contributed by atoms with van der Waals surface area (Å²) >= 11 is 0. The number of rotatable bonds is 7. The SMILES string of the molecule is CC(C)NCc1ccc(N(C)CC(=O)NC(C)C)nc1. The smallest absolute Gasteiger partial charge is 0.239 e. The lowest BCUT2D eigenvalue weighted by molar-refractivity contribution is -0.120. The minimum Gasteiger partial charge on any atom is -0.352 e. The van der Waals surface area contributed by atoms with Crippen LogP contribution in [0, 0.1) is 0 Å². The van der Waals surface area contributed by atoms with Gasteiger partial charge in [-0.25, -0.2) is 4.98 Å². The highest BCUT2D eigenvalue weighted by Crippen LogP contribution is 2.09. The number of hydrogen-bond donors (Lipinski definition) is 2. The van der Waals surface area contributed by atoms with Gasteiger partial charge in [0.2, 0.25) is 5.91 Å². The number of nitrogens with zero attached hydrogens (tertiary/aromatic N) is 2. The van der Waals surface area contributed by atoms with Crippen LogP contribution in [-0.4, -0.2) is 36.6 Å². The summed E-state index contributed by atoms with van der Waals surface area (Å²) in [5.41, 5.74) is 1.14. The lowest BCUT2D eigenvalue weighted by atomic mass is 10.2. The van der Waals surface area contributed by atoms with Gasteiger partial charge in [-0.2, -0.15) is 0 Å². The maximum atomic E-state index is 11.7. The number of nitrogens with one attached hydrogen (secondary N) is 2. The fourth-order valence-corrected chi connectivity index (χ4v) is 1.73. The zero-order chi connectivity index (χ0) is 15.1. The third-order valence-electron chi connectivity index (χ3n) is 2.75. The average Bonchev–Trinajstić information content (AvgIpc) is 2.35.